The van der Waals surface area contributed by atoms with Crippen molar-refractivity contribution in [2.75, 3.05) is 5.32 Å². The molecule has 4 aromatic rings. The fourth-order valence-corrected chi connectivity index (χ4v) is 4.38. The lowest BCUT2D eigenvalue weighted by atomic mass is 9.93. The van der Waals surface area contributed by atoms with Crippen LogP contribution in [0.5, 0.6) is 0 Å². The molecular formula is C23H15Cl3F3N3. The molecule has 0 radical (unpaired) electrons. The quantitative estimate of drug-likeness (QED) is 0.309. The first-order valence-electron chi connectivity index (χ1n) is 9.37. The van der Waals surface area contributed by atoms with Crippen LogP contribution in [-0.2, 0) is 7.05 Å². The highest BCUT2D eigenvalue weighted by atomic mass is 35.5. The van der Waals surface area contributed by atoms with Crippen molar-refractivity contribution >= 4 is 46.3 Å². The maximum absolute atomic E-state index is 15.1. The molecule has 0 unspecified atom stereocenters. The molecule has 0 aliphatic heterocycles. The van der Waals surface area contributed by atoms with Crippen molar-refractivity contribution in [1.29, 1.82) is 0 Å². The molecule has 4 rings (SSSR count). The number of hydrogen-bond donors (Lipinski definition) is 1. The van der Waals surface area contributed by atoms with Crippen molar-refractivity contribution < 1.29 is 13.2 Å². The van der Waals surface area contributed by atoms with E-state index in [0.717, 1.165) is 12.1 Å². The van der Waals surface area contributed by atoms with Crippen molar-refractivity contribution in [2.24, 2.45) is 7.05 Å². The molecule has 0 bridgehead atoms. The predicted octanol–water partition coefficient (Wildman–Crippen LogP) is 8.18. The summed E-state index contributed by atoms with van der Waals surface area (Å²) in [5.41, 5.74) is 1.97. The number of anilines is 2. The van der Waals surface area contributed by atoms with Gasteiger partial charge in [-0.3, -0.25) is 4.68 Å². The zero-order chi connectivity index (χ0) is 23.2. The molecule has 3 aromatic carbocycles. The summed E-state index contributed by atoms with van der Waals surface area (Å²) in [6.07, 6.45) is 0. The summed E-state index contributed by atoms with van der Waals surface area (Å²) in [7, 11) is 1.66. The van der Waals surface area contributed by atoms with Crippen LogP contribution < -0.4 is 5.32 Å². The third-order valence-electron chi connectivity index (χ3n) is 4.96. The molecule has 1 aromatic heterocycles. The Morgan fingerprint density at radius 3 is 2.28 bits per heavy atom. The van der Waals surface area contributed by atoms with Gasteiger partial charge in [-0.2, -0.15) is 5.10 Å². The fourth-order valence-electron chi connectivity index (χ4n) is 3.60. The molecule has 0 aliphatic carbocycles. The van der Waals surface area contributed by atoms with Gasteiger partial charge in [-0.1, -0.05) is 46.9 Å². The first-order valence-corrected chi connectivity index (χ1v) is 10.5. The second kappa shape index (κ2) is 8.70. The van der Waals surface area contributed by atoms with Gasteiger partial charge in [0.25, 0.3) is 0 Å². The van der Waals surface area contributed by atoms with Crippen LogP contribution in [0, 0.1) is 24.4 Å². The van der Waals surface area contributed by atoms with Gasteiger partial charge in [0, 0.05) is 28.8 Å². The third-order valence-corrected chi connectivity index (χ3v) is 5.78. The van der Waals surface area contributed by atoms with Crippen molar-refractivity contribution in [3.63, 3.8) is 0 Å². The Bertz CT molecular complexity index is 1330. The topological polar surface area (TPSA) is 29.9 Å². The van der Waals surface area contributed by atoms with Crippen LogP contribution in [0.2, 0.25) is 15.1 Å². The van der Waals surface area contributed by atoms with E-state index in [4.69, 9.17) is 34.8 Å². The highest BCUT2D eigenvalue weighted by Crippen LogP contribution is 2.43. The van der Waals surface area contributed by atoms with Crippen LogP contribution in [0.15, 0.2) is 48.5 Å². The molecule has 0 saturated heterocycles. The van der Waals surface area contributed by atoms with E-state index in [1.165, 1.54) is 35.0 Å². The van der Waals surface area contributed by atoms with Gasteiger partial charge in [-0.05, 0) is 48.9 Å². The summed E-state index contributed by atoms with van der Waals surface area (Å²) in [6.45, 7) is 1.74. The largest absolute Gasteiger partial charge is 0.336 e. The number of halogens is 6. The summed E-state index contributed by atoms with van der Waals surface area (Å²) in [5.74, 6) is -1.38. The van der Waals surface area contributed by atoms with Crippen LogP contribution in [0.1, 0.15) is 5.69 Å². The number of rotatable bonds is 4. The number of nitrogens with one attached hydrogen (secondary N) is 1. The van der Waals surface area contributed by atoms with E-state index >= 15 is 4.39 Å². The monoisotopic (exact) mass is 495 g/mol. The Hall–Kier alpha value is -2.67. The second-order valence-electron chi connectivity index (χ2n) is 7.09. The molecule has 164 valence electrons. The molecule has 0 aliphatic rings. The van der Waals surface area contributed by atoms with E-state index in [2.05, 4.69) is 10.4 Å². The lowest BCUT2D eigenvalue weighted by Crippen LogP contribution is -2.03. The van der Waals surface area contributed by atoms with Crippen LogP contribution in [0.3, 0.4) is 0 Å². The SMILES string of the molecule is Cc1nn(C)c(Nc2c(F)cc(Cl)cc2Cl)c1-c1cccc(F)c1-c1ccc(F)cc1Cl. The minimum absolute atomic E-state index is 0.00177. The molecule has 3 nitrogen and oxygen atoms in total. The van der Waals surface area contributed by atoms with E-state index < -0.39 is 17.5 Å². The van der Waals surface area contributed by atoms with Crippen molar-refractivity contribution in [3.05, 3.63) is 86.7 Å². The number of aryl methyl sites for hydroxylation is 2. The maximum atomic E-state index is 15.1. The van der Waals surface area contributed by atoms with Gasteiger partial charge in [0.15, 0.2) is 0 Å². The Morgan fingerprint density at radius 1 is 0.844 bits per heavy atom. The summed E-state index contributed by atoms with van der Waals surface area (Å²) >= 11 is 18.3. The smallest absolute Gasteiger partial charge is 0.149 e. The summed E-state index contributed by atoms with van der Waals surface area (Å²) < 4.78 is 44.8. The molecule has 0 saturated carbocycles. The zero-order valence-corrected chi connectivity index (χ0v) is 19.0. The molecule has 0 spiro atoms. The Balaban J connectivity index is 1.95. The number of nitrogens with zero attached hydrogens (tertiary/aromatic N) is 2. The van der Waals surface area contributed by atoms with Gasteiger partial charge in [0.1, 0.15) is 23.3 Å². The van der Waals surface area contributed by atoms with Crippen LogP contribution >= 0.6 is 34.8 Å². The van der Waals surface area contributed by atoms with Gasteiger partial charge in [0.05, 0.1) is 21.4 Å². The maximum Gasteiger partial charge on any atom is 0.149 e. The first-order chi connectivity index (χ1) is 15.2. The fraction of sp³-hybridized carbons (Fsp3) is 0.0870. The lowest BCUT2D eigenvalue weighted by molar-refractivity contribution is 0.626. The lowest BCUT2D eigenvalue weighted by Gasteiger charge is -2.16. The van der Waals surface area contributed by atoms with Gasteiger partial charge in [0.2, 0.25) is 0 Å². The average Bonchev–Trinajstić information content (AvgIpc) is 2.98. The molecule has 0 atom stereocenters. The second-order valence-corrected chi connectivity index (χ2v) is 8.34. The molecule has 0 amide bonds. The molecular weight excluding hydrogens is 482 g/mol. The van der Waals surface area contributed by atoms with Gasteiger partial charge in [-0.15, -0.1) is 0 Å². The standard InChI is InChI=1S/C23H15Cl3F3N3/c1-11-20(23(32(2)31-11)30-22-17(26)8-12(24)9-19(22)29)15-4-3-5-18(28)21(15)14-7-6-13(27)10-16(14)25/h3-10,30H,1-2H3. The summed E-state index contributed by atoms with van der Waals surface area (Å²) in [6, 6.07) is 10.8. The minimum atomic E-state index is -0.659. The van der Waals surface area contributed by atoms with Crippen molar-refractivity contribution in [2.45, 2.75) is 6.92 Å². The van der Waals surface area contributed by atoms with Crippen molar-refractivity contribution in [3.8, 4) is 22.3 Å². The minimum Gasteiger partial charge on any atom is -0.336 e. The highest BCUT2D eigenvalue weighted by molar-refractivity contribution is 6.36. The molecule has 0 fully saturated rings. The number of aromatic nitrogens is 2. The number of benzene rings is 3. The Labute approximate surface area is 197 Å². The molecule has 1 heterocycles. The Kier molecular flexibility index (Phi) is 6.12. The van der Waals surface area contributed by atoms with Crippen LogP contribution in [0.25, 0.3) is 22.3 Å². The van der Waals surface area contributed by atoms with E-state index in [-0.39, 0.29) is 26.3 Å². The zero-order valence-electron chi connectivity index (χ0n) is 16.8. The van der Waals surface area contributed by atoms with Gasteiger partial charge < -0.3 is 5.32 Å². The number of hydrogen-bond acceptors (Lipinski definition) is 2. The van der Waals surface area contributed by atoms with E-state index in [9.17, 15) is 8.78 Å². The summed E-state index contributed by atoms with van der Waals surface area (Å²) in [5, 5.41) is 7.65. The molecule has 32 heavy (non-hydrogen) atoms. The normalized spacial score (nSPS) is 11.1. The molecule has 1 N–H and O–H groups in total. The summed E-state index contributed by atoms with van der Waals surface area (Å²) in [4.78, 5) is 0. The highest BCUT2D eigenvalue weighted by Gasteiger charge is 2.23. The Morgan fingerprint density at radius 2 is 1.59 bits per heavy atom. The van der Waals surface area contributed by atoms with Gasteiger partial charge >= 0.3 is 0 Å². The van der Waals surface area contributed by atoms with E-state index in [1.807, 2.05) is 0 Å². The van der Waals surface area contributed by atoms with E-state index in [1.54, 1.807) is 20.0 Å². The van der Waals surface area contributed by atoms with E-state index in [0.29, 0.717) is 28.2 Å². The van der Waals surface area contributed by atoms with Crippen LogP contribution in [-0.4, -0.2) is 9.78 Å². The third kappa shape index (κ3) is 4.06. The predicted molar refractivity (Wildman–Crippen MR) is 123 cm³/mol. The van der Waals surface area contributed by atoms with Gasteiger partial charge in [-0.25, -0.2) is 13.2 Å². The first kappa shape index (κ1) is 22.5. The average molecular weight is 497 g/mol. The van der Waals surface area contributed by atoms with Crippen molar-refractivity contribution in [1.82, 2.24) is 9.78 Å². The molecule has 9 heteroatoms. The van der Waals surface area contributed by atoms with Crippen LogP contribution in [0.4, 0.5) is 24.7 Å².